The molecule has 1 aliphatic rings. The lowest BCUT2D eigenvalue weighted by Crippen LogP contribution is -2.42. The first-order valence-corrected chi connectivity index (χ1v) is 14.1. The Morgan fingerprint density at radius 1 is 0.929 bits per heavy atom. The molecule has 42 heavy (non-hydrogen) atoms. The number of hydrogen-bond acceptors (Lipinski definition) is 6. The lowest BCUT2D eigenvalue weighted by Gasteiger charge is -2.27. The van der Waals surface area contributed by atoms with Crippen LogP contribution in [0.25, 0.3) is 11.1 Å². The van der Waals surface area contributed by atoms with E-state index in [4.69, 9.17) is 4.74 Å². The van der Waals surface area contributed by atoms with Gasteiger partial charge in [0.25, 0.3) is 5.91 Å². The summed E-state index contributed by atoms with van der Waals surface area (Å²) in [6.07, 6.45) is 4.29. The predicted octanol–water partition coefficient (Wildman–Crippen LogP) is 3.90. The molecule has 2 bridgehead atoms. The fourth-order valence-corrected chi connectivity index (χ4v) is 5.24. The third kappa shape index (κ3) is 6.74. The maximum absolute atomic E-state index is 13.4. The van der Waals surface area contributed by atoms with Crippen molar-refractivity contribution in [3.8, 4) is 16.9 Å². The van der Waals surface area contributed by atoms with Gasteiger partial charge in [0.05, 0.1) is 6.54 Å². The van der Waals surface area contributed by atoms with Gasteiger partial charge in [-0.25, -0.2) is 4.79 Å². The average molecular weight is 566 g/mol. The first-order valence-electron chi connectivity index (χ1n) is 14.1. The molecule has 0 fully saturated rings. The Morgan fingerprint density at radius 3 is 2.55 bits per heavy atom. The third-order valence-electron chi connectivity index (χ3n) is 7.54. The zero-order chi connectivity index (χ0) is 29.6. The second kappa shape index (κ2) is 12.8. The van der Waals surface area contributed by atoms with Gasteiger partial charge in [-0.2, -0.15) is 4.98 Å². The second-order valence-corrected chi connectivity index (χ2v) is 10.6. The number of likely N-dealkylation sites (N-methyl/N-ethyl adjacent to an activating group) is 1. The van der Waals surface area contributed by atoms with E-state index >= 15 is 0 Å². The number of ether oxygens (including phenoxy) is 1. The average Bonchev–Trinajstić information content (AvgIpc) is 2.98. The van der Waals surface area contributed by atoms with Crippen LogP contribution < -0.4 is 10.4 Å². The summed E-state index contributed by atoms with van der Waals surface area (Å²) in [6.45, 7) is 5.18. The monoisotopic (exact) mass is 565 g/mol. The fourth-order valence-electron chi connectivity index (χ4n) is 5.24. The predicted molar refractivity (Wildman–Crippen MR) is 161 cm³/mol. The van der Waals surface area contributed by atoms with Crippen LogP contribution >= 0.6 is 0 Å². The van der Waals surface area contributed by atoms with Gasteiger partial charge in [-0.05, 0) is 66.9 Å². The summed E-state index contributed by atoms with van der Waals surface area (Å²) >= 11 is 0. The van der Waals surface area contributed by atoms with Crippen LogP contribution in [0.4, 0.5) is 0 Å². The number of fused-ring (bicyclic) bond motifs is 3. The van der Waals surface area contributed by atoms with E-state index in [1.54, 1.807) is 30.0 Å². The van der Waals surface area contributed by atoms with Gasteiger partial charge >= 0.3 is 5.69 Å². The Morgan fingerprint density at radius 2 is 1.76 bits per heavy atom. The first kappa shape index (κ1) is 28.7. The molecule has 1 aliphatic heterocycles. The zero-order valence-corrected chi connectivity index (χ0v) is 24.2. The summed E-state index contributed by atoms with van der Waals surface area (Å²) in [7, 11) is 1.75. The van der Waals surface area contributed by atoms with E-state index in [0.29, 0.717) is 37.3 Å². The normalized spacial score (nSPS) is 14.1. The number of carbonyl (C=O) groups excluding carboxylic acids is 2. The number of carbonyl (C=O) groups is 2. The molecule has 9 heteroatoms. The molecule has 0 N–H and O–H groups in total. The van der Waals surface area contributed by atoms with E-state index in [1.165, 1.54) is 4.57 Å². The SMILES string of the molecule is Cc1cc(C)n(CCC(=O)N2CCOc3ccc(-c4cccnc4)cc3Cc3cccc(c3)C(=O)N(C)CC2)c(=O)n1. The highest BCUT2D eigenvalue weighted by Crippen LogP contribution is 2.29. The van der Waals surface area contributed by atoms with Crippen molar-refractivity contribution in [1.29, 1.82) is 0 Å². The van der Waals surface area contributed by atoms with Crippen LogP contribution in [0.5, 0.6) is 5.75 Å². The topological polar surface area (TPSA) is 97.6 Å². The summed E-state index contributed by atoms with van der Waals surface area (Å²) in [6, 6.07) is 19.4. The van der Waals surface area contributed by atoms with Gasteiger partial charge in [0, 0.05) is 74.4 Å². The zero-order valence-electron chi connectivity index (χ0n) is 24.2. The van der Waals surface area contributed by atoms with Crippen LogP contribution in [0.1, 0.15) is 39.3 Å². The molecule has 0 unspecified atom stereocenters. The van der Waals surface area contributed by atoms with E-state index in [9.17, 15) is 14.4 Å². The van der Waals surface area contributed by atoms with Crippen molar-refractivity contribution >= 4 is 11.8 Å². The van der Waals surface area contributed by atoms with Crippen LogP contribution in [-0.2, 0) is 17.8 Å². The van der Waals surface area contributed by atoms with Crippen LogP contribution in [-0.4, -0.2) is 69.4 Å². The number of amides is 2. The molecule has 2 amide bonds. The highest BCUT2D eigenvalue weighted by Gasteiger charge is 2.20. The van der Waals surface area contributed by atoms with Crippen LogP contribution in [0.3, 0.4) is 0 Å². The number of aromatic nitrogens is 3. The molecule has 216 valence electrons. The lowest BCUT2D eigenvalue weighted by molar-refractivity contribution is -0.132. The molecule has 4 aromatic rings. The number of rotatable bonds is 4. The highest BCUT2D eigenvalue weighted by molar-refractivity contribution is 5.94. The first-order chi connectivity index (χ1) is 20.3. The molecular formula is C33H35N5O4. The summed E-state index contributed by atoms with van der Waals surface area (Å²) < 4.78 is 7.80. The summed E-state index contributed by atoms with van der Waals surface area (Å²) in [5.41, 5.74) is 5.65. The van der Waals surface area contributed by atoms with Crippen molar-refractivity contribution in [3.63, 3.8) is 0 Å². The smallest absolute Gasteiger partial charge is 0.347 e. The Bertz CT molecular complexity index is 1650. The molecule has 0 spiro atoms. The molecular weight excluding hydrogens is 530 g/mol. The molecule has 0 atom stereocenters. The number of pyridine rings is 1. The summed E-state index contributed by atoms with van der Waals surface area (Å²) in [4.78, 5) is 50.7. The molecule has 0 saturated heterocycles. The quantitative estimate of drug-likeness (QED) is 0.372. The Kier molecular flexibility index (Phi) is 8.76. The molecule has 0 aliphatic carbocycles. The van der Waals surface area contributed by atoms with Crippen LogP contribution in [0, 0.1) is 13.8 Å². The highest BCUT2D eigenvalue weighted by atomic mass is 16.5. The summed E-state index contributed by atoms with van der Waals surface area (Å²) in [5, 5.41) is 0. The minimum absolute atomic E-state index is 0.102. The molecule has 5 rings (SSSR count). The number of benzene rings is 2. The minimum atomic E-state index is -0.362. The van der Waals surface area contributed by atoms with Gasteiger partial charge in [-0.15, -0.1) is 0 Å². The molecule has 3 heterocycles. The van der Waals surface area contributed by atoms with E-state index in [2.05, 4.69) is 16.0 Å². The summed E-state index contributed by atoms with van der Waals surface area (Å²) in [5.74, 6) is 0.510. The van der Waals surface area contributed by atoms with Crippen molar-refractivity contribution in [3.05, 3.63) is 112 Å². The number of hydrogen-bond donors (Lipinski definition) is 0. The van der Waals surface area contributed by atoms with Crippen LogP contribution in [0.15, 0.2) is 77.9 Å². The second-order valence-electron chi connectivity index (χ2n) is 10.6. The Balaban J connectivity index is 1.41. The maximum Gasteiger partial charge on any atom is 0.347 e. The minimum Gasteiger partial charge on any atom is -0.491 e. The number of nitrogens with zero attached hydrogens (tertiary/aromatic N) is 5. The fraction of sp³-hybridized carbons (Fsp3) is 0.303. The van der Waals surface area contributed by atoms with E-state index in [-0.39, 0.29) is 37.1 Å². The third-order valence-corrected chi connectivity index (χ3v) is 7.54. The van der Waals surface area contributed by atoms with Gasteiger partial charge in [0.2, 0.25) is 5.91 Å². The van der Waals surface area contributed by atoms with Gasteiger partial charge in [0.15, 0.2) is 0 Å². The van der Waals surface area contributed by atoms with Crippen molar-refractivity contribution in [2.24, 2.45) is 0 Å². The van der Waals surface area contributed by atoms with E-state index < -0.39 is 0 Å². The molecule has 2 aromatic carbocycles. The molecule has 9 nitrogen and oxygen atoms in total. The largest absolute Gasteiger partial charge is 0.491 e. The van der Waals surface area contributed by atoms with Crippen LogP contribution in [0.2, 0.25) is 0 Å². The van der Waals surface area contributed by atoms with E-state index in [1.807, 2.05) is 67.7 Å². The van der Waals surface area contributed by atoms with Crippen molar-refractivity contribution < 1.29 is 14.3 Å². The van der Waals surface area contributed by atoms with Gasteiger partial charge in [-0.1, -0.05) is 24.3 Å². The van der Waals surface area contributed by atoms with Gasteiger partial charge in [0.1, 0.15) is 12.4 Å². The van der Waals surface area contributed by atoms with Crippen molar-refractivity contribution in [2.45, 2.75) is 33.2 Å². The molecule has 0 radical (unpaired) electrons. The van der Waals surface area contributed by atoms with Crippen molar-refractivity contribution in [1.82, 2.24) is 24.3 Å². The van der Waals surface area contributed by atoms with Crippen molar-refractivity contribution in [2.75, 3.05) is 33.3 Å². The Labute approximate surface area is 245 Å². The standard InChI is InChI=1S/C33H35N5O4/c1-23-18-24(2)38(33(41)35-23)13-11-31(39)37-15-14-36(3)32(40)27-7-4-6-25(19-27)20-29-21-26(28-8-5-12-34-22-28)9-10-30(29)42-17-16-37/h4-10,12,18-19,21-22H,11,13-17,20H2,1-3H3. The lowest BCUT2D eigenvalue weighted by atomic mass is 9.98. The Hall–Kier alpha value is -4.79. The molecule has 0 saturated carbocycles. The maximum atomic E-state index is 13.4. The molecule has 2 aromatic heterocycles. The van der Waals surface area contributed by atoms with Gasteiger partial charge in [-0.3, -0.25) is 19.1 Å². The van der Waals surface area contributed by atoms with E-state index in [0.717, 1.165) is 33.7 Å². The van der Waals surface area contributed by atoms with Gasteiger partial charge < -0.3 is 14.5 Å². The number of aryl methyl sites for hydroxylation is 2.